The Hall–Kier alpha value is -2.16. The summed E-state index contributed by atoms with van der Waals surface area (Å²) in [6.07, 6.45) is -5.95. The lowest BCUT2D eigenvalue weighted by molar-refractivity contribution is -0.384. The highest BCUT2D eigenvalue weighted by molar-refractivity contribution is 5.79. The van der Waals surface area contributed by atoms with E-state index in [9.17, 15) is 33.2 Å². The van der Waals surface area contributed by atoms with E-state index < -0.39 is 35.1 Å². The molecule has 0 fully saturated rings. The predicted octanol–water partition coefficient (Wildman–Crippen LogP) is 2.33. The molecule has 0 saturated heterocycles. The molecule has 0 aliphatic heterocycles. The molecule has 22 heavy (non-hydrogen) atoms. The highest BCUT2D eigenvalue weighted by Gasteiger charge is 2.41. The Bertz CT molecular complexity index is 545. The number of aliphatic hydroxyl groups excluding tert-OH is 1. The molecule has 0 aliphatic rings. The van der Waals surface area contributed by atoms with Crippen LogP contribution in [0, 0.1) is 16.0 Å². The van der Waals surface area contributed by atoms with Crippen molar-refractivity contribution in [3.05, 3.63) is 39.9 Å². The molecule has 3 atom stereocenters. The quantitative estimate of drug-likeness (QED) is 0.643. The number of carbonyl (C=O) groups excluding carboxylic acids is 1. The van der Waals surface area contributed by atoms with E-state index in [0.29, 0.717) is 0 Å². The third kappa shape index (κ3) is 4.42. The van der Waals surface area contributed by atoms with Crippen molar-refractivity contribution in [2.24, 2.45) is 5.92 Å². The summed E-state index contributed by atoms with van der Waals surface area (Å²) in [4.78, 5) is 21.3. The van der Waals surface area contributed by atoms with Gasteiger partial charge < -0.3 is 10.4 Å². The zero-order valence-corrected chi connectivity index (χ0v) is 11.8. The van der Waals surface area contributed by atoms with Gasteiger partial charge in [0.15, 0.2) is 0 Å². The Balaban J connectivity index is 2.74. The van der Waals surface area contributed by atoms with Gasteiger partial charge in [0.25, 0.3) is 5.69 Å². The largest absolute Gasteiger partial charge is 0.400 e. The number of hydrogen-bond donors (Lipinski definition) is 2. The summed E-state index contributed by atoms with van der Waals surface area (Å²) in [7, 11) is 0. The fraction of sp³-hybridized carbons (Fsp3) is 0.462. The molecule has 1 amide bonds. The number of amides is 1. The number of nitro groups is 1. The maximum absolute atomic E-state index is 12.4. The fourth-order valence-electron chi connectivity index (χ4n) is 1.66. The number of alkyl halides is 3. The molecular weight excluding hydrogens is 305 g/mol. The molecule has 0 radical (unpaired) electrons. The van der Waals surface area contributed by atoms with Gasteiger partial charge >= 0.3 is 6.18 Å². The van der Waals surface area contributed by atoms with Crippen LogP contribution in [0.15, 0.2) is 24.3 Å². The minimum atomic E-state index is -4.66. The molecule has 0 aliphatic carbocycles. The SMILES string of the molecule is CC(C(=O)N[C@H](C)C(O)c1ccc([N+](=O)[O-])cc1)C(F)(F)F. The maximum Gasteiger partial charge on any atom is 0.400 e. The summed E-state index contributed by atoms with van der Waals surface area (Å²) in [5.41, 5.74) is 0.0661. The predicted molar refractivity (Wildman–Crippen MR) is 70.9 cm³/mol. The Morgan fingerprint density at radius 3 is 2.18 bits per heavy atom. The molecule has 0 heterocycles. The van der Waals surface area contributed by atoms with Crippen molar-refractivity contribution in [1.29, 1.82) is 0 Å². The topological polar surface area (TPSA) is 92.5 Å². The van der Waals surface area contributed by atoms with Gasteiger partial charge in [-0.1, -0.05) is 0 Å². The van der Waals surface area contributed by atoms with Crippen LogP contribution in [0.3, 0.4) is 0 Å². The number of non-ortho nitro benzene ring substituents is 1. The molecule has 0 spiro atoms. The number of nitrogens with one attached hydrogen (secondary N) is 1. The molecule has 122 valence electrons. The van der Waals surface area contributed by atoms with Gasteiger partial charge in [0.05, 0.1) is 17.1 Å². The van der Waals surface area contributed by atoms with E-state index >= 15 is 0 Å². The van der Waals surface area contributed by atoms with E-state index in [0.717, 1.165) is 19.1 Å². The molecule has 1 rings (SSSR count). The van der Waals surface area contributed by atoms with Crippen LogP contribution < -0.4 is 5.32 Å². The van der Waals surface area contributed by atoms with Crippen LogP contribution in [-0.4, -0.2) is 28.2 Å². The summed E-state index contributed by atoms with van der Waals surface area (Å²) in [5, 5.41) is 22.6. The van der Waals surface area contributed by atoms with Crippen LogP contribution in [0.25, 0.3) is 0 Å². The number of benzene rings is 1. The number of nitro benzene ring substituents is 1. The standard InChI is InChI=1S/C13H15F3N2O4/c1-7(13(14,15)16)12(20)17-8(2)11(19)9-3-5-10(6-4-9)18(21)22/h3-8,11,19H,1-2H3,(H,17,20)/t7?,8-,11?/m1/s1. The second-order valence-corrected chi connectivity index (χ2v) is 4.85. The van der Waals surface area contributed by atoms with Gasteiger partial charge in [0, 0.05) is 12.1 Å². The van der Waals surface area contributed by atoms with Crippen LogP contribution in [-0.2, 0) is 4.79 Å². The van der Waals surface area contributed by atoms with Gasteiger partial charge in [-0.15, -0.1) is 0 Å². The average Bonchev–Trinajstić information content (AvgIpc) is 2.44. The first-order valence-electron chi connectivity index (χ1n) is 6.33. The van der Waals surface area contributed by atoms with E-state index in [4.69, 9.17) is 0 Å². The normalized spacial score (nSPS) is 15.7. The van der Waals surface area contributed by atoms with E-state index in [-0.39, 0.29) is 11.3 Å². The van der Waals surface area contributed by atoms with Crippen LogP contribution >= 0.6 is 0 Å². The second-order valence-electron chi connectivity index (χ2n) is 4.85. The van der Waals surface area contributed by atoms with Crippen molar-refractivity contribution in [3.8, 4) is 0 Å². The highest BCUT2D eigenvalue weighted by atomic mass is 19.4. The molecule has 2 unspecified atom stereocenters. The number of aliphatic hydroxyl groups is 1. The van der Waals surface area contributed by atoms with Gasteiger partial charge in [0.1, 0.15) is 5.92 Å². The first kappa shape index (κ1) is 17.9. The van der Waals surface area contributed by atoms with Crippen LogP contribution in [0.1, 0.15) is 25.5 Å². The molecule has 0 bridgehead atoms. The lowest BCUT2D eigenvalue weighted by Gasteiger charge is -2.23. The van der Waals surface area contributed by atoms with Gasteiger partial charge in [-0.3, -0.25) is 14.9 Å². The summed E-state index contributed by atoms with van der Waals surface area (Å²) in [6, 6.07) is 3.88. The van der Waals surface area contributed by atoms with Crippen molar-refractivity contribution >= 4 is 11.6 Å². The number of halogens is 3. The highest BCUT2D eigenvalue weighted by Crippen LogP contribution is 2.26. The monoisotopic (exact) mass is 320 g/mol. The molecular formula is C13H15F3N2O4. The van der Waals surface area contributed by atoms with Gasteiger partial charge in [-0.2, -0.15) is 13.2 Å². The lowest BCUT2D eigenvalue weighted by atomic mass is 10.0. The van der Waals surface area contributed by atoms with Crippen molar-refractivity contribution in [2.45, 2.75) is 32.2 Å². The summed E-state index contributed by atoms with van der Waals surface area (Å²) >= 11 is 0. The molecule has 6 nitrogen and oxygen atoms in total. The number of carbonyl (C=O) groups is 1. The first-order chi connectivity index (χ1) is 10.0. The maximum atomic E-state index is 12.4. The second kappa shape index (κ2) is 6.73. The van der Waals surface area contributed by atoms with Crippen molar-refractivity contribution in [3.63, 3.8) is 0 Å². The van der Waals surface area contributed by atoms with Gasteiger partial charge in [0.2, 0.25) is 5.91 Å². The Morgan fingerprint density at radius 1 is 1.27 bits per heavy atom. The van der Waals surface area contributed by atoms with E-state index in [1.54, 1.807) is 0 Å². The van der Waals surface area contributed by atoms with E-state index in [1.807, 2.05) is 0 Å². The average molecular weight is 320 g/mol. The van der Waals surface area contributed by atoms with Gasteiger partial charge in [-0.25, -0.2) is 0 Å². The Morgan fingerprint density at radius 2 is 1.77 bits per heavy atom. The molecule has 1 aromatic carbocycles. The van der Waals surface area contributed by atoms with Crippen molar-refractivity contribution < 1.29 is 28.0 Å². The van der Waals surface area contributed by atoms with E-state index in [1.165, 1.54) is 19.1 Å². The minimum absolute atomic E-state index is 0.182. The molecule has 2 N–H and O–H groups in total. The third-order valence-corrected chi connectivity index (χ3v) is 3.17. The van der Waals surface area contributed by atoms with E-state index in [2.05, 4.69) is 5.32 Å². The smallest absolute Gasteiger partial charge is 0.386 e. The molecule has 0 saturated carbocycles. The zero-order valence-electron chi connectivity index (χ0n) is 11.8. The molecule has 0 aromatic heterocycles. The molecule has 1 aromatic rings. The van der Waals surface area contributed by atoms with Crippen LogP contribution in [0.4, 0.5) is 18.9 Å². The zero-order chi connectivity index (χ0) is 17.1. The Kier molecular flexibility index (Phi) is 5.48. The van der Waals surface area contributed by atoms with Crippen LogP contribution in [0.2, 0.25) is 0 Å². The lowest BCUT2D eigenvalue weighted by Crippen LogP contribution is -2.44. The summed E-state index contributed by atoms with van der Waals surface area (Å²) < 4.78 is 37.2. The van der Waals surface area contributed by atoms with Gasteiger partial charge in [-0.05, 0) is 31.5 Å². The number of hydrogen-bond acceptors (Lipinski definition) is 4. The number of nitrogens with zero attached hydrogens (tertiary/aromatic N) is 1. The van der Waals surface area contributed by atoms with Crippen LogP contribution in [0.5, 0.6) is 0 Å². The Labute approximate surface area is 124 Å². The summed E-state index contributed by atoms with van der Waals surface area (Å²) in [5.74, 6) is -3.44. The fourth-order valence-corrected chi connectivity index (χ4v) is 1.66. The summed E-state index contributed by atoms with van der Waals surface area (Å²) in [6.45, 7) is 2.06. The number of rotatable bonds is 5. The first-order valence-corrected chi connectivity index (χ1v) is 6.33. The third-order valence-electron chi connectivity index (χ3n) is 3.17. The van der Waals surface area contributed by atoms with Crippen molar-refractivity contribution in [1.82, 2.24) is 5.32 Å². The van der Waals surface area contributed by atoms with Crippen molar-refractivity contribution in [2.75, 3.05) is 0 Å². The minimum Gasteiger partial charge on any atom is -0.386 e. The molecule has 9 heteroatoms.